The number of nitrogens with zero attached hydrogens (tertiary/aromatic N) is 1. The fourth-order valence-electron chi connectivity index (χ4n) is 3.27. The smallest absolute Gasteiger partial charge is 0.459 e. The van der Waals surface area contributed by atoms with Crippen molar-refractivity contribution in [2.45, 2.75) is 63.9 Å². The van der Waals surface area contributed by atoms with E-state index in [1.807, 2.05) is 4.98 Å². The highest BCUT2D eigenvalue weighted by Crippen LogP contribution is 2.47. The second kappa shape index (κ2) is 11.1. The summed E-state index contributed by atoms with van der Waals surface area (Å²) in [5.74, 6) is -0.726. The third kappa shape index (κ3) is 6.48. The fourth-order valence-corrected chi connectivity index (χ4v) is 4.77. The molecular weight excluding hydrogens is 500 g/mol. The van der Waals surface area contributed by atoms with Gasteiger partial charge in [0.15, 0.2) is 11.9 Å². The highest BCUT2D eigenvalue weighted by molar-refractivity contribution is 7.52. The van der Waals surface area contributed by atoms with Gasteiger partial charge >= 0.3 is 19.4 Å². The summed E-state index contributed by atoms with van der Waals surface area (Å²) in [7, 11) is -4.48. The van der Waals surface area contributed by atoms with Crippen LogP contribution in [0.3, 0.4) is 0 Å². The molecule has 6 atom stereocenters. The lowest BCUT2D eigenvalue weighted by atomic mass is 9.98. The summed E-state index contributed by atoms with van der Waals surface area (Å²) in [6.07, 6.45) is -6.09. The predicted octanol–water partition coefficient (Wildman–Crippen LogP) is 1.66. The topological polar surface area (TPSA) is 158 Å². The normalized spacial score (nSPS) is 27.9. The van der Waals surface area contributed by atoms with E-state index < -0.39 is 74.7 Å². The van der Waals surface area contributed by atoms with Gasteiger partial charge in [-0.3, -0.25) is 23.7 Å². The molecule has 12 nitrogen and oxygen atoms in total. The molecule has 0 spiro atoms. The minimum Gasteiger partial charge on any atom is -0.462 e. The minimum atomic E-state index is -4.48. The molecule has 1 aliphatic rings. The first kappa shape index (κ1) is 23.6. The van der Waals surface area contributed by atoms with Crippen LogP contribution in [0.2, 0.25) is 0 Å². The number of esters is 1. The van der Waals surface area contributed by atoms with Crippen molar-refractivity contribution in [3.8, 4) is 5.75 Å². The molecule has 3 rings (SSSR count). The molecule has 198 valence electrons. The number of aromatic nitrogens is 2. The summed E-state index contributed by atoms with van der Waals surface area (Å²) in [5, 5.41) is 13.1. The van der Waals surface area contributed by atoms with Crippen LogP contribution >= 0.6 is 7.75 Å². The van der Waals surface area contributed by atoms with E-state index in [-0.39, 0.29) is 5.75 Å². The first-order chi connectivity index (χ1) is 18.1. The summed E-state index contributed by atoms with van der Waals surface area (Å²) in [4.78, 5) is 37.9. The Morgan fingerprint density at radius 3 is 2.64 bits per heavy atom. The zero-order valence-corrected chi connectivity index (χ0v) is 20.5. The van der Waals surface area contributed by atoms with Gasteiger partial charge in [0, 0.05) is 16.4 Å². The largest absolute Gasteiger partial charge is 0.462 e. The average Bonchev–Trinajstić information content (AvgIpc) is 3.09. The van der Waals surface area contributed by atoms with Gasteiger partial charge in [-0.25, -0.2) is 13.8 Å². The van der Waals surface area contributed by atoms with E-state index >= 15 is 4.39 Å². The molecule has 1 saturated heterocycles. The number of benzene rings is 1. The number of carbonyl (C=O) groups is 1. The SMILES string of the molecule is [2H]C([2H])([2H])[C@@]1(F)[C@H](O)[C@@H](CO[P@@](=O)(N[C@@H](C)C(=O)OC(C)C)Oc2ccccc2)O[C@H]1n1ccc(=O)[nH]c1=O. The number of hydrogen-bond donors (Lipinski definition) is 3. The quantitative estimate of drug-likeness (QED) is 0.304. The van der Waals surface area contributed by atoms with E-state index in [2.05, 4.69) is 5.09 Å². The lowest BCUT2D eigenvalue weighted by molar-refractivity contribution is -0.149. The number of halogens is 1. The van der Waals surface area contributed by atoms with Gasteiger partial charge in [-0.15, -0.1) is 0 Å². The number of hydrogen-bond acceptors (Lipinski definition) is 9. The van der Waals surface area contributed by atoms with Crippen molar-refractivity contribution in [1.82, 2.24) is 14.6 Å². The second-order valence-electron chi connectivity index (χ2n) is 8.29. The Bertz CT molecular complexity index is 1320. The first-order valence-electron chi connectivity index (χ1n) is 12.4. The standard InChI is InChI=1S/C22H29FN3O9P/c1-13(2)33-19(29)14(3)25-36(31,35-15-8-6-5-7-9-15)32-12-16-18(28)22(4,23)20(34-16)26-11-10-17(27)24-21(26)30/h5-11,13-14,16,18,20,28H,12H2,1-4H3,(H,25,31)(H,24,27,30)/t14-,16+,18+,20+,22+,36-/m0/s1/i4D3. The molecule has 0 radical (unpaired) electrons. The Hall–Kier alpha value is -2.83. The van der Waals surface area contributed by atoms with Crippen molar-refractivity contribution in [3.05, 3.63) is 63.4 Å². The maximum Gasteiger partial charge on any atom is 0.459 e. The summed E-state index contributed by atoms with van der Waals surface area (Å²) >= 11 is 0. The van der Waals surface area contributed by atoms with E-state index in [9.17, 15) is 24.1 Å². The summed E-state index contributed by atoms with van der Waals surface area (Å²) < 4.78 is 74.6. The van der Waals surface area contributed by atoms with Crippen LogP contribution in [0, 0.1) is 0 Å². The molecule has 0 aliphatic carbocycles. The van der Waals surface area contributed by atoms with Gasteiger partial charge in [-0.2, -0.15) is 5.09 Å². The van der Waals surface area contributed by atoms with Gasteiger partial charge in [0.05, 0.1) is 12.7 Å². The number of nitrogens with one attached hydrogen (secondary N) is 2. The number of ether oxygens (including phenoxy) is 2. The van der Waals surface area contributed by atoms with E-state index in [0.717, 1.165) is 12.3 Å². The van der Waals surface area contributed by atoms with E-state index in [1.54, 1.807) is 32.0 Å². The Kier molecular flexibility index (Phi) is 7.24. The van der Waals surface area contributed by atoms with Crippen molar-refractivity contribution in [1.29, 1.82) is 0 Å². The molecule has 1 aliphatic heterocycles. The van der Waals surface area contributed by atoms with Gasteiger partial charge in [-0.1, -0.05) is 18.2 Å². The molecule has 2 heterocycles. The van der Waals surface area contributed by atoms with Crippen LogP contribution < -0.4 is 20.9 Å². The second-order valence-corrected chi connectivity index (χ2v) is 9.99. The van der Waals surface area contributed by atoms with Crippen molar-refractivity contribution in [3.63, 3.8) is 0 Å². The number of aromatic amines is 1. The van der Waals surface area contributed by atoms with Gasteiger partial charge in [0.25, 0.3) is 5.56 Å². The number of H-pyrrole nitrogens is 1. The van der Waals surface area contributed by atoms with E-state index in [4.69, 9.17) is 22.6 Å². The molecule has 1 aromatic heterocycles. The van der Waals surface area contributed by atoms with Crippen molar-refractivity contribution < 1.29 is 41.5 Å². The van der Waals surface area contributed by atoms with Crippen LogP contribution in [0.15, 0.2) is 52.2 Å². The van der Waals surface area contributed by atoms with Crippen molar-refractivity contribution in [2.75, 3.05) is 6.61 Å². The van der Waals surface area contributed by atoms with Gasteiger partial charge in [0.2, 0.25) is 0 Å². The molecule has 1 aromatic carbocycles. The third-order valence-electron chi connectivity index (χ3n) is 4.98. The number of alkyl halides is 1. The van der Waals surface area contributed by atoms with E-state index in [1.165, 1.54) is 19.1 Å². The van der Waals surface area contributed by atoms with E-state index in [0.29, 0.717) is 4.57 Å². The molecule has 1 fully saturated rings. The van der Waals surface area contributed by atoms with Gasteiger partial charge < -0.3 is 19.1 Å². The Morgan fingerprint density at radius 2 is 2.03 bits per heavy atom. The number of carbonyl (C=O) groups excluding carboxylic acids is 1. The highest BCUT2D eigenvalue weighted by Gasteiger charge is 2.55. The highest BCUT2D eigenvalue weighted by atomic mass is 31.2. The zero-order valence-electron chi connectivity index (χ0n) is 22.6. The van der Waals surface area contributed by atoms with Crippen LogP contribution in [0.5, 0.6) is 5.75 Å². The third-order valence-corrected chi connectivity index (χ3v) is 6.63. The lowest BCUT2D eigenvalue weighted by Gasteiger charge is -2.25. The molecule has 36 heavy (non-hydrogen) atoms. The monoisotopic (exact) mass is 532 g/mol. The molecule has 3 N–H and O–H groups in total. The number of aliphatic hydroxyl groups excluding tert-OH is 1. The number of para-hydroxylation sites is 1. The van der Waals surface area contributed by atoms with Crippen LogP contribution in [-0.4, -0.2) is 57.3 Å². The summed E-state index contributed by atoms with van der Waals surface area (Å²) in [6.45, 7) is 0.131. The zero-order chi connectivity index (χ0) is 29.2. The van der Waals surface area contributed by atoms with Gasteiger partial charge in [-0.05, 0) is 39.8 Å². The summed E-state index contributed by atoms with van der Waals surface area (Å²) in [6, 6.07) is 7.30. The van der Waals surface area contributed by atoms with Crippen molar-refractivity contribution >= 4 is 13.7 Å². The molecule has 0 saturated carbocycles. The van der Waals surface area contributed by atoms with Crippen LogP contribution in [0.25, 0.3) is 0 Å². The minimum absolute atomic E-state index is 0.0608. The average molecular weight is 532 g/mol. The summed E-state index contributed by atoms with van der Waals surface area (Å²) in [5.41, 5.74) is -5.57. The maximum atomic E-state index is 16.1. The van der Waals surface area contributed by atoms with Crippen molar-refractivity contribution in [2.24, 2.45) is 0 Å². The molecule has 0 unspecified atom stereocenters. The van der Waals surface area contributed by atoms with Gasteiger partial charge in [0.1, 0.15) is 24.0 Å². The lowest BCUT2D eigenvalue weighted by Crippen LogP contribution is -2.43. The number of aliphatic hydroxyl groups is 1. The number of rotatable bonds is 10. The maximum absolute atomic E-state index is 16.1. The fraction of sp³-hybridized carbons (Fsp3) is 0.500. The van der Waals surface area contributed by atoms with Crippen LogP contribution in [0.1, 0.15) is 38.0 Å². The molecule has 2 aromatic rings. The van der Waals surface area contributed by atoms with Crippen LogP contribution in [-0.2, 0) is 23.4 Å². The molecule has 0 amide bonds. The van der Waals surface area contributed by atoms with Crippen LogP contribution in [0.4, 0.5) is 4.39 Å². The first-order valence-corrected chi connectivity index (χ1v) is 12.4. The Morgan fingerprint density at radius 1 is 1.33 bits per heavy atom. The molecular formula is C22H29FN3O9P. The Balaban J connectivity index is 1.90. The molecule has 14 heteroatoms. The predicted molar refractivity (Wildman–Crippen MR) is 125 cm³/mol. The molecule has 0 bridgehead atoms. The Labute approximate surface area is 210 Å².